The Morgan fingerprint density at radius 3 is 2.79 bits per heavy atom. The van der Waals surface area contributed by atoms with E-state index in [1.807, 2.05) is 4.90 Å². The molecule has 0 spiro atoms. The molecule has 1 rings (SSSR count). The van der Waals surface area contributed by atoms with Crippen molar-refractivity contribution in [3.05, 3.63) is 0 Å². The van der Waals surface area contributed by atoms with Gasteiger partial charge in [-0.2, -0.15) is 0 Å². The minimum Gasteiger partial charge on any atom is -0.393 e. The molecule has 1 saturated heterocycles. The summed E-state index contributed by atoms with van der Waals surface area (Å²) in [4.78, 5) is 14.0. The predicted octanol–water partition coefficient (Wildman–Crippen LogP) is 1.31. The largest absolute Gasteiger partial charge is 0.393 e. The molecule has 1 amide bonds. The molecule has 1 fully saturated rings. The summed E-state index contributed by atoms with van der Waals surface area (Å²) < 4.78 is 0. The molecule has 0 saturated carbocycles. The molecule has 0 aromatic carbocycles. The number of hydrogen-bond donors (Lipinski definition) is 1. The fraction of sp³-hybridized carbons (Fsp3) is 0.800. The van der Waals surface area contributed by atoms with Crippen molar-refractivity contribution in [1.82, 2.24) is 4.90 Å². The number of carbonyl (C=O) groups is 1. The molecule has 0 bridgehead atoms. The Hall–Kier alpha value is -0.640. The van der Waals surface area contributed by atoms with E-state index < -0.39 is 0 Å². The number of piperidine rings is 1. The molecule has 14 heavy (non-hydrogen) atoms. The lowest BCUT2D eigenvalue weighted by molar-refractivity contribution is -0.136. The molecule has 1 heterocycles. The molecule has 3 nitrogen and oxygen atoms in total. The molecular formula is C10H18N2OS. The topological polar surface area (TPSA) is 46.3 Å². The predicted molar refractivity (Wildman–Crippen MR) is 61.0 cm³/mol. The lowest BCUT2D eigenvalue weighted by Crippen LogP contribution is -2.43. The van der Waals surface area contributed by atoms with Gasteiger partial charge in [-0.25, -0.2) is 0 Å². The van der Waals surface area contributed by atoms with Crippen LogP contribution in [0.5, 0.6) is 0 Å². The quantitative estimate of drug-likeness (QED) is 0.721. The fourth-order valence-electron chi connectivity index (χ4n) is 1.65. The van der Waals surface area contributed by atoms with Crippen LogP contribution in [-0.2, 0) is 4.79 Å². The third-order valence-electron chi connectivity index (χ3n) is 2.67. The Labute approximate surface area is 90.6 Å². The second-order valence-electron chi connectivity index (χ2n) is 4.69. The van der Waals surface area contributed by atoms with Gasteiger partial charge in [0, 0.05) is 25.9 Å². The van der Waals surface area contributed by atoms with Crippen LogP contribution in [0.15, 0.2) is 0 Å². The molecule has 0 unspecified atom stereocenters. The van der Waals surface area contributed by atoms with Gasteiger partial charge in [0.1, 0.15) is 0 Å². The van der Waals surface area contributed by atoms with E-state index in [0.717, 1.165) is 13.0 Å². The maximum atomic E-state index is 11.7. The molecule has 0 radical (unpaired) electrons. The van der Waals surface area contributed by atoms with Gasteiger partial charge < -0.3 is 10.6 Å². The van der Waals surface area contributed by atoms with Gasteiger partial charge in [-0.1, -0.05) is 26.1 Å². The zero-order valence-electron chi connectivity index (χ0n) is 8.88. The normalized spacial score (nSPS) is 21.0. The third-order valence-corrected chi connectivity index (χ3v) is 2.87. The Bertz CT molecular complexity index is 251. The van der Waals surface area contributed by atoms with Crippen molar-refractivity contribution in [1.29, 1.82) is 0 Å². The standard InChI is InChI=1S/C10H18N2OS/c1-10(2)4-6-12(9(13)7-10)5-3-8(11)14/h3-7H2,1-2H3,(H2,11,14). The van der Waals surface area contributed by atoms with Crippen LogP contribution in [0.1, 0.15) is 33.1 Å². The van der Waals surface area contributed by atoms with Gasteiger partial charge in [-0.15, -0.1) is 0 Å². The van der Waals surface area contributed by atoms with Gasteiger partial charge in [0.15, 0.2) is 0 Å². The average molecular weight is 214 g/mol. The first-order chi connectivity index (χ1) is 6.41. The maximum Gasteiger partial charge on any atom is 0.223 e. The number of hydrogen-bond acceptors (Lipinski definition) is 2. The summed E-state index contributed by atoms with van der Waals surface area (Å²) in [5, 5.41) is 0. The molecule has 80 valence electrons. The van der Waals surface area contributed by atoms with Crippen LogP contribution < -0.4 is 5.73 Å². The van der Waals surface area contributed by atoms with Crippen LogP contribution in [-0.4, -0.2) is 28.9 Å². The molecule has 2 N–H and O–H groups in total. The van der Waals surface area contributed by atoms with Crippen molar-refractivity contribution >= 4 is 23.1 Å². The van der Waals surface area contributed by atoms with Gasteiger partial charge in [-0.3, -0.25) is 4.79 Å². The first-order valence-corrected chi connectivity index (χ1v) is 5.38. The molecule has 0 atom stereocenters. The number of rotatable bonds is 3. The monoisotopic (exact) mass is 214 g/mol. The molecule has 0 aromatic rings. The van der Waals surface area contributed by atoms with E-state index >= 15 is 0 Å². The molecule has 1 aliphatic rings. The first-order valence-electron chi connectivity index (χ1n) is 4.97. The summed E-state index contributed by atoms with van der Waals surface area (Å²) in [5.41, 5.74) is 5.57. The summed E-state index contributed by atoms with van der Waals surface area (Å²) in [6.07, 6.45) is 2.35. The van der Waals surface area contributed by atoms with Crippen molar-refractivity contribution < 1.29 is 4.79 Å². The van der Waals surface area contributed by atoms with Gasteiger partial charge >= 0.3 is 0 Å². The van der Waals surface area contributed by atoms with Crippen molar-refractivity contribution in [3.63, 3.8) is 0 Å². The highest BCUT2D eigenvalue weighted by atomic mass is 32.1. The SMILES string of the molecule is CC1(C)CCN(CCC(N)=S)C(=O)C1. The van der Waals surface area contributed by atoms with E-state index in [-0.39, 0.29) is 11.3 Å². The van der Waals surface area contributed by atoms with E-state index in [1.54, 1.807) is 0 Å². The summed E-state index contributed by atoms with van der Waals surface area (Å²) in [5.74, 6) is 0.234. The molecule has 0 aliphatic carbocycles. The number of nitrogens with two attached hydrogens (primary N) is 1. The number of amides is 1. The zero-order chi connectivity index (χ0) is 10.8. The maximum absolute atomic E-state index is 11.7. The minimum absolute atomic E-state index is 0.163. The van der Waals surface area contributed by atoms with Gasteiger partial charge in [0.05, 0.1) is 4.99 Å². The summed E-state index contributed by atoms with van der Waals surface area (Å²) in [7, 11) is 0. The van der Waals surface area contributed by atoms with Crippen LogP contribution in [0.25, 0.3) is 0 Å². The molecule has 4 heteroatoms. The second-order valence-corrected chi connectivity index (χ2v) is 5.21. The minimum atomic E-state index is 0.163. The summed E-state index contributed by atoms with van der Waals surface area (Å²) in [6, 6.07) is 0. The fourth-order valence-corrected chi connectivity index (χ4v) is 1.74. The first kappa shape index (κ1) is 11.4. The Balaban J connectivity index is 2.42. The Kier molecular flexibility index (Phi) is 3.48. The molecular weight excluding hydrogens is 196 g/mol. The van der Waals surface area contributed by atoms with Gasteiger partial charge in [0.25, 0.3) is 0 Å². The molecule has 0 aromatic heterocycles. The van der Waals surface area contributed by atoms with Crippen LogP contribution >= 0.6 is 12.2 Å². The van der Waals surface area contributed by atoms with Crippen molar-refractivity contribution in [2.45, 2.75) is 33.1 Å². The van der Waals surface area contributed by atoms with Crippen LogP contribution in [0.4, 0.5) is 0 Å². The third kappa shape index (κ3) is 3.25. The second kappa shape index (κ2) is 4.26. The summed E-state index contributed by atoms with van der Waals surface area (Å²) in [6.45, 7) is 5.80. The Morgan fingerprint density at radius 2 is 2.29 bits per heavy atom. The Morgan fingerprint density at radius 1 is 1.64 bits per heavy atom. The number of likely N-dealkylation sites (tertiary alicyclic amines) is 1. The van der Waals surface area contributed by atoms with E-state index in [4.69, 9.17) is 18.0 Å². The van der Waals surface area contributed by atoms with Crippen molar-refractivity contribution in [2.75, 3.05) is 13.1 Å². The highest BCUT2D eigenvalue weighted by Gasteiger charge is 2.30. The van der Waals surface area contributed by atoms with Crippen LogP contribution in [0.2, 0.25) is 0 Å². The molecule has 1 aliphatic heterocycles. The summed E-state index contributed by atoms with van der Waals surface area (Å²) >= 11 is 4.79. The van der Waals surface area contributed by atoms with Gasteiger partial charge in [-0.05, 0) is 11.8 Å². The van der Waals surface area contributed by atoms with Crippen LogP contribution in [0, 0.1) is 5.41 Å². The lowest BCUT2D eigenvalue weighted by atomic mass is 9.82. The van der Waals surface area contributed by atoms with Crippen LogP contribution in [0.3, 0.4) is 0 Å². The van der Waals surface area contributed by atoms with Crippen molar-refractivity contribution in [2.24, 2.45) is 11.1 Å². The highest BCUT2D eigenvalue weighted by Crippen LogP contribution is 2.30. The van der Waals surface area contributed by atoms with E-state index in [1.165, 1.54) is 0 Å². The zero-order valence-corrected chi connectivity index (χ0v) is 9.69. The van der Waals surface area contributed by atoms with E-state index in [9.17, 15) is 4.79 Å². The van der Waals surface area contributed by atoms with E-state index in [2.05, 4.69) is 13.8 Å². The lowest BCUT2D eigenvalue weighted by Gasteiger charge is -2.36. The number of nitrogens with zero attached hydrogens (tertiary/aromatic N) is 1. The highest BCUT2D eigenvalue weighted by molar-refractivity contribution is 7.80. The van der Waals surface area contributed by atoms with Crippen molar-refractivity contribution in [3.8, 4) is 0 Å². The number of thiocarbonyl (C=S) groups is 1. The smallest absolute Gasteiger partial charge is 0.223 e. The van der Waals surface area contributed by atoms with E-state index in [0.29, 0.717) is 24.4 Å². The average Bonchev–Trinajstić information content (AvgIpc) is 2.00. The number of carbonyl (C=O) groups excluding carboxylic acids is 1. The van der Waals surface area contributed by atoms with Gasteiger partial charge in [0.2, 0.25) is 5.91 Å².